The van der Waals surface area contributed by atoms with Crippen molar-refractivity contribution >= 4 is 39.9 Å². The van der Waals surface area contributed by atoms with Crippen LogP contribution in [0.3, 0.4) is 0 Å². The Hall–Kier alpha value is -3.32. The molecule has 0 spiro atoms. The monoisotopic (exact) mass is 389 g/mol. The largest absolute Gasteiger partial charge is 0.312 e. The third-order valence-electron chi connectivity index (χ3n) is 6.22. The second-order valence-corrected chi connectivity index (χ2v) is 8.16. The first kappa shape index (κ1) is 18.7. The Kier molecular flexibility index (Phi) is 4.67. The first-order valence-electron chi connectivity index (χ1n) is 10.8. The van der Waals surface area contributed by atoms with E-state index < -0.39 is 0 Å². The molecule has 0 saturated carbocycles. The van der Waals surface area contributed by atoms with Gasteiger partial charge in [-0.05, 0) is 67.8 Å². The van der Waals surface area contributed by atoms with Gasteiger partial charge in [0.05, 0.1) is 11.2 Å². The van der Waals surface area contributed by atoms with Crippen LogP contribution in [0.5, 0.6) is 0 Å². The summed E-state index contributed by atoms with van der Waals surface area (Å²) in [7, 11) is 0. The van der Waals surface area contributed by atoms with Crippen molar-refractivity contribution in [1.82, 2.24) is 4.57 Å². The Bertz CT molecular complexity index is 1340. The highest BCUT2D eigenvalue weighted by molar-refractivity contribution is 6.02. The number of fused-ring (bicyclic) bond motifs is 4. The lowest BCUT2D eigenvalue weighted by Gasteiger charge is -2.17. The van der Waals surface area contributed by atoms with Crippen molar-refractivity contribution in [3.8, 4) is 5.69 Å². The molecule has 0 saturated heterocycles. The molecule has 1 heteroatoms. The van der Waals surface area contributed by atoms with Crippen molar-refractivity contribution in [3.63, 3.8) is 0 Å². The van der Waals surface area contributed by atoms with Crippen LogP contribution in [0, 0.1) is 6.92 Å². The number of aromatic nitrogens is 1. The highest BCUT2D eigenvalue weighted by Crippen LogP contribution is 2.38. The lowest BCUT2D eigenvalue weighted by atomic mass is 9.96. The minimum absolute atomic E-state index is 1.09. The molecule has 0 fully saturated rings. The van der Waals surface area contributed by atoms with Crippen molar-refractivity contribution in [2.75, 3.05) is 0 Å². The molecule has 1 aromatic heterocycles. The number of allylic oxidation sites excluding steroid dienone is 2. The normalized spacial score (nSPS) is 13.8. The Morgan fingerprint density at radius 3 is 2.63 bits per heavy atom. The third-order valence-corrected chi connectivity index (χ3v) is 6.22. The van der Waals surface area contributed by atoms with Crippen molar-refractivity contribution < 1.29 is 0 Å². The molecule has 4 aromatic rings. The molecule has 1 heterocycles. The smallest absolute Gasteiger partial charge is 0.0543 e. The summed E-state index contributed by atoms with van der Waals surface area (Å²) in [5, 5.41) is 3.91. The van der Waals surface area contributed by atoms with Gasteiger partial charge in [-0.1, -0.05) is 72.9 Å². The Morgan fingerprint density at radius 1 is 1.00 bits per heavy atom. The van der Waals surface area contributed by atoms with Gasteiger partial charge in [0.15, 0.2) is 0 Å². The van der Waals surface area contributed by atoms with Gasteiger partial charge < -0.3 is 4.57 Å². The minimum Gasteiger partial charge on any atom is -0.312 e. The van der Waals surface area contributed by atoms with Gasteiger partial charge in [-0.2, -0.15) is 0 Å². The predicted octanol–water partition coefficient (Wildman–Crippen LogP) is 8.12. The van der Waals surface area contributed by atoms with E-state index in [0.29, 0.717) is 0 Å². The molecule has 0 atom stereocenters. The molecule has 5 rings (SSSR count). The summed E-state index contributed by atoms with van der Waals surface area (Å²) >= 11 is 0. The van der Waals surface area contributed by atoms with E-state index in [0.717, 1.165) is 12.8 Å². The molecule has 0 unspecified atom stereocenters. The Balaban J connectivity index is 1.95. The van der Waals surface area contributed by atoms with Gasteiger partial charge in [0.2, 0.25) is 0 Å². The number of benzene rings is 3. The first-order valence-corrected chi connectivity index (χ1v) is 10.8. The molecule has 0 bridgehead atoms. The summed E-state index contributed by atoms with van der Waals surface area (Å²) in [6.45, 7) is 8.38. The number of hydrogen-bond donors (Lipinski definition) is 0. The number of nitrogens with zero attached hydrogens (tertiary/aromatic N) is 1. The Labute approximate surface area is 178 Å². The van der Waals surface area contributed by atoms with E-state index in [1.807, 2.05) is 6.08 Å². The number of hydrogen-bond acceptors (Lipinski definition) is 0. The second-order valence-electron chi connectivity index (χ2n) is 8.16. The van der Waals surface area contributed by atoms with Crippen LogP contribution in [0.1, 0.15) is 47.7 Å². The fourth-order valence-electron chi connectivity index (χ4n) is 4.88. The summed E-state index contributed by atoms with van der Waals surface area (Å²) in [6, 6.07) is 17.9. The van der Waals surface area contributed by atoms with Gasteiger partial charge in [-0.15, -0.1) is 0 Å². The van der Waals surface area contributed by atoms with E-state index in [9.17, 15) is 0 Å². The quantitative estimate of drug-likeness (QED) is 0.333. The summed E-state index contributed by atoms with van der Waals surface area (Å²) in [5.41, 5.74) is 9.06. The zero-order valence-corrected chi connectivity index (χ0v) is 17.8. The van der Waals surface area contributed by atoms with Gasteiger partial charge in [0.1, 0.15) is 0 Å². The van der Waals surface area contributed by atoms with Crippen molar-refractivity contribution in [3.05, 3.63) is 95.2 Å². The van der Waals surface area contributed by atoms with Crippen LogP contribution in [0.15, 0.2) is 67.3 Å². The van der Waals surface area contributed by atoms with E-state index >= 15 is 0 Å². The maximum Gasteiger partial charge on any atom is 0.0543 e. The van der Waals surface area contributed by atoms with Crippen LogP contribution in [0.4, 0.5) is 0 Å². The minimum atomic E-state index is 1.09. The van der Waals surface area contributed by atoms with Gasteiger partial charge in [0.25, 0.3) is 0 Å². The van der Waals surface area contributed by atoms with Crippen LogP contribution < -0.4 is 0 Å². The Morgan fingerprint density at radius 2 is 1.83 bits per heavy atom. The van der Waals surface area contributed by atoms with E-state index in [1.165, 1.54) is 61.7 Å². The third kappa shape index (κ3) is 2.85. The van der Waals surface area contributed by atoms with E-state index in [2.05, 4.69) is 97.8 Å². The van der Waals surface area contributed by atoms with Crippen molar-refractivity contribution in [1.29, 1.82) is 0 Å². The van der Waals surface area contributed by atoms with Crippen LogP contribution in [0.25, 0.3) is 45.6 Å². The highest BCUT2D eigenvalue weighted by Gasteiger charge is 2.20. The number of aryl methyl sites for hydroxylation is 1. The van der Waals surface area contributed by atoms with Crippen LogP contribution in [-0.2, 0) is 6.42 Å². The molecule has 30 heavy (non-hydrogen) atoms. The van der Waals surface area contributed by atoms with Crippen LogP contribution in [0.2, 0.25) is 0 Å². The molecule has 0 radical (unpaired) electrons. The molecule has 3 aromatic carbocycles. The topological polar surface area (TPSA) is 4.93 Å². The zero-order chi connectivity index (χ0) is 20.7. The van der Waals surface area contributed by atoms with Gasteiger partial charge in [-0.25, -0.2) is 0 Å². The highest BCUT2D eigenvalue weighted by atomic mass is 15.0. The summed E-state index contributed by atoms with van der Waals surface area (Å²) < 4.78 is 2.51. The second kappa shape index (κ2) is 7.50. The molecule has 0 amide bonds. The fourth-order valence-corrected chi connectivity index (χ4v) is 4.88. The van der Waals surface area contributed by atoms with Gasteiger partial charge in [-0.3, -0.25) is 0 Å². The van der Waals surface area contributed by atoms with Crippen molar-refractivity contribution in [2.24, 2.45) is 0 Å². The average molecular weight is 390 g/mol. The zero-order valence-electron chi connectivity index (χ0n) is 17.8. The first-order chi connectivity index (χ1) is 14.7. The predicted molar refractivity (Wildman–Crippen MR) is 132 cm³/mol. The van der Waals surface area contributed by atoms with Crippen LogP contribution >= 0.6 is 0 Å². The van der Waals surface area contributed by atoms with Gasteiger partial charge in [0, 0.05) is 22.0 Å². The fraction of sp³-hybridized carbons (Fsp3) is 0.172. The molecular weight excluding hydrogens is 362 g/mol. The molecular formula is C29H27N. The summed E-state index contributed by atoms with van der Waals surface area (Å²) in [5.74, 6) is 0. The SMILES string of the molecule is C=Cc1cc(-n2c3c(c4cc(C)ccc42)C=CCCC3)c2ccccc2c1/C=C\C. The maximum atomic E-state index is 4.13. The molecule has 0 N–H and O–H groups in total. The van der Waals surface area contributed by atoms with E-state index in [4.69, 9.17) is 0 Å². The van der Waals surface area contributed by atoms with E-state index in [-0.39, 0.29) is 0 Å². The average Bonchev–Trinajstić information content (AvgIpc) is 2.91. The number of rotatable bonds is 3. The summed E-state index contributed by atoms with van der Waals surface area (Å²) in [6.07, 6.45) is 14.4. The molecule has 0 aliphatic heterocycles. The molecule has 1 aliphatic carbocycles. The summed E-state index contributed by atoms with van der Waals surface area (Å²) in [4.78, 5) is 0. The lowest BCUT2D eigenvalue weighted by molar-refractivity contribution is 0.809. The standard InChI is InChI=1S/C29H27N/c1-4-11-22-21(5-2)19-29(24-14-10-9-12-23(22)24)30-27-15-8-6-7-13-25(27)26-18-20(3)16-17-28(26)30/h4-5,7,9-14,16-19H,2,6,8,15H2,1,3H3/b11-4-. The van der Waals surface area contributed by atoms with E-state index in [1.54, 1.807) is 0 Å². The molecule has 1 nitrogen and oxygen atoms in total. The van der Waals surface area contributed by atoms with Crippen LogP contribution in [-0.4, -0.2) is 4.57 Å². The molecule has 1 aliphatic rings. The maximum absolute atomic E-state index is 4.13. The lowest BCUT2D eigenvalue weighted by Crippen LogP contribution is -2.03. The molecule has 148 valence electrons. The van der Waals surface area contributed by atoms with Gasteiger partial charge >= 0.3 is 0 Å². The van der Waals surface area contributed by atoms with Crippen molar-refractivity contribution in [2.45, 2.75) is 33.1 Å².